The zero-order valence-electron chi connectivity index (χ0n) is 19.8. The maximum atomic E-state index is 13.6. The van der Waals surface area contributed by atoms with Crippen molar-refractivity contribution < 1.29 is 9.59 Å². The fourth-order valence-electron chi connectivity index (χ4n) is 4.27. The predicted octanol–water partition coefficient (Wildman–Crippen LogP) is 5.13. The van der Waals surface area contributed by atoms with E-state index in [4.69, 9.17) is 5.73 Å². The number of rotatable bonds is 10. The van der Waals surface area contributed by atoms with Gasteiger partial charge < -0.3 is 20.9 Å². The average Bonchev–Trinajstić information content (AvgIpc) is 3.29. The lowest BCUT2D eigenvalue weighted by Gasteiger charge is -2.32. The van der Waals surface area contributed by atoms with E-state index in [1.807, 2.05) is 79.0 Å². The molecule has 0 aliphatic rings. The van der Waals surface area contributed by atoms with Crippen LogP contribution in [0.5, 0.6) is 0 Å². The van der Waals surface area contributed by atoms with E-state index in [0.717, 1.165) is 32.1 Å². The first-order chi connectivity index (χ1) is 17.1. The Hall–Kier alpha value is -3.13. The van der Waals surface area contributed by atoms with Crippen molar-refractivity contribution in [1.29, 1.82) is 0 Å². The molecule has 0 bridgehead atoms. The van der Waals surface area contributed by atoms with E-state index in [0.29, 0.717) is 19.5 Å². The van der Waals surface area contributed by atoms with Crippen molar-refractivity contribution in [2.75, 3.05) is 13.1 Å². The summed E-state index contributed by atoms with van der Waals surface area (Å²) in [6, 6.07) is 24.5. The second-order valence-corrected chi connectivity index (χ2v) is 9.22. The normalized spacial score (nSPS) is 11.5. The molecule has 3 aromatic carbocycles. The molecule has 4 aromatic rings. The first-order valence-electron chi connectivity index (χ1n) is 11.7. The summed E-state index contributed by atoms with van der Waals surface area (Å²) in [5.74, 6) is -0.381. The van der Waals surface area contributed by atoms with Crippen LogP contribution in [0.15, 0.2) is 89.5 Å². The third-order valence-electron chi connectivity index (χ3n) is 6.04. The Morgan fingerprint density at radius 2 is 1.67 bits per heavy atom. The van der Waals surface area contributed by atoms with Gasteiger partial charge in [0.05, 0.1) is 0 Å². The fraction of sp³-hybridized carbons (Fsp3) is 0.214. The number of nitrogens with one attached hydrogen (secondary N) is 2. The Balaban J connectivity index is 0.00000361. The zero-order chi connectivity index (χ0) is 24.6. The number of carbonyl (C=O) groups excluding carboxylic acids is 2. The largest absolute Gasteiger partial charge is 0.361 e. The molecule has 2 amide bonds. The number of para-hydroxylation sites is 1. The number of carbonyl (C=O) groups is 2. The van der Waals surface area contributed by atoms with Crippen molar-refractivity contribution in [3.63, 3.8) is 0 Å². The number of amides is 2. The van der Waals surface area contributed by atoms with E-state index in [-0.39, 0.29) is 37.2 Å². The van der Waals surface area contributed by atoms with Crippen molar-refractivity contribution >= 4 is 51.1 Å². The zero-order valence-corrected chi connectivity index (χ0v) is 22.2. The van der Waals surface area contributed by atoms with Crippen LogP contribution in [0, 0.1) is 0 Å². The first kappa shape index (κ1) is 27.5. The molecule has 1 atom stereocenters. The summed E-state index contributed by atoms with van der Waals surface area (Å²) < 4.78 is 0.775. The average molecular weight is 570 g/mol. The summed E-state index contributed by atoms with van der Waals surface area (Å²) in [5, 5.41) is 4.15. The molecule has 0 fully saturated rings. The topological polar surface area (TPSA) is 91.2 Å². The van der Waals surface area contributed by atoms with Crippen LogP contribution >= 0.6 is 28.3 Å². The lowest BCUT2D eigenvalue weighted by molar-refractivity contribution is -0.140. The van der Waals surface area contributed by atoms with Crippen LogP contribution in [0.25, 0.3) is 10.9 Å². The summed E-state index contributed by atoms with van der Waals surface area (Å²) in [7, 11) is 0. The predicted molar refractivity (Wildman–Crippen MR) is 150 cm³/mol. The summed E-state index contributed by atoms with van der Waals surface area (Å²) >= 11 is 3.59. The van der Waals surface area contributed by atoms with Crippen molar-refractivity contribution in [2.45, 2.75) is 25.4 Å². The molecule has 4 N–H and O–H groups in total. The second kappa shape index (κ2) is 13.3. The Labute approximate surface area is 225 Å². The maximum absolute atomic E-state index is 13.6. The molecule has 1 heterocycles. The number of nitrogens with two attached hydrogens (primary N) is 1. The van der Waals surface area contributed by atoms with E-state index in [1.54, 1.807) is 4.90 Å². The van der Waals surface area contributed by atoms with Gasteiger partial charge in [-0.25, -0.2) is 0 Å². The number of halogens is 2. The van der Waals surface area contributed by atoms with E-state index < -0.39 is 6.04 Å². The van der Waals surface area contributed by atoms with Crippen LogP contribution in [-0.4, -0.2) is 34.8 Å². The highest BCUT2D eigenvalue weighted by atomic mass is 79.9. The molecule has 6 nitrogen and oxygen atoms in total. The third-order valence-corrected chi connectivity index (χ3v) is 6.77. The number of hydrogen-bond acceptors (Lipinski definition) is 3. The van der Waals surface area contributed by atoms with Gasteiger partial charge in [-0.3, -0.25) is 9.59 Å². The molecular weight excluding hydrogens is 540 g/mol. The second-order valence-electron chi connectivity index (χ2n) is 8.36. The molecule has 1 aromatic heterocycles. The number of fused-ring (bicyclic) bond motifs is 1. The van der Waals surface area contributed by atoms with Crippen molar-refractivity contribution in [1.82, 2.24) is 15.2 Å². The molecule has 0 spiro atoms. The Bertz CT molecular complexity index is 1290. The molecule has 1 unspecified atom stereocenters. The van der Waals surface area contributed by atoms with E-state index in [1.165, 1.54) is 0 Å². The van der Waals surface area contributed by atoms with Crippen LogP contribution in [0.4, 0.5) is 0 Å². The van der Waals surface area contributed by atoms with Gasteiger partial charge in [0.25, 0.3) is 0 Å². The monoisotopic (exact) mass is 568 g/mol. The highest BCUT2D eigenvalue weighted by Gasteiger charge is 2.32. The standard InChI is InChI=1S/C28H29BrN4O2.ClH/c29-24-12-6-4-11-23(24)27(28(35)32-18-20-8-2-1-3-9-20)33(26(34)14-16-30)17-15-21-19-31-25-13-7-5-10-22(21)25;/h1-13,19,27,31H,14-18,30H2,(H,32,35);1H. The molecular formula is C28H30BrClN4O2. The number of aromatic amines is 1. The lowest BCUT2D eigenvalue weighted by atomic mass is 10.0. The Morgan fingerprint density at radius 3 is 2.42 bits per heavy atom. The minimum atomic E-state index is -0.793. The van der Waals surface area contributed by atoms with Crippen LogP contribution in [0.3, 0.4) is 0 Å². The van der Waals surface area contributed by atoms with E-state index >= 15 is 0 Å². The van der Waals surface area contributed by atoms with Gasteiger partial charge in [0.1, 0.15) is 6.04 Å². The summed E-state index contributed by atoms with van der Waals surface area (Å²) in [6.45, 7) is 0.976. The number of benzene rings is 3. The lowest BCUT2D eigenvalue weighted by Crippen LogP contribution is -2.45. The summed E-state index contributed by atoms with van der Waals surface area (Å²) in [4.78, 5) is 31.9. The molecule has 0 saturated heterocycles. The SMILES string of the molecule is Cl.NCCC(=O)N(CCc1c[nH]c2ccccc12)C(C(=O)NCc1ccccc1)c1ccccc1Br. The Kier molecular flexibility index (Phi) is 10.1. The summed E-state index contributed by atoms with van der Waals surface area (Å²) in [5.41, 5.74) is 9.62. The minimum absolute atomic E-state index is 0. The third kappa shape index (κ3) is 6.55. The van der Waals surface area contributed by atoms with Crippen molar-refractivity contribution in [3.8, 4) is 0 Å². The van der Waals surface area contributed by atoms with E-state index in [9.17, 15) is 9.59 Å². The van der Waals surface area contributed by atoms with Crippen LogP contribution in [0.2, 0.25) is 0 Å². The Morgan fingerprint density at radius 1 is 0.972 bits per heavy atom. The number of aromatic nitrogens is 1. The molecule has 0 saturated carbocycles. The van der Waals surface area contributed by atoms with Gasteiger partial charge in [0.15, 0.2) is 0 Å². The van der Waals surface area contributed by atoms with Gasteiger partial charge in [0.2, 0.25) is 11.8 Å². The molecule has 0 radical (unpaired) electrons. The highest BCUT2D eigenvalue weighted by Crippen LogP contribution is 2.30. The molecule has 36 heavy (non-hydrogen) atoms. The fourth-order valence-corrected chi connectivity index (χ4v) is 4.78. The molecule has 4 rings (SSSR count). The molecule has 8 heteroatoms. The van der Waals surface area contributed by atoms with Crippen LogP contribution in [0.1, 0.15) is 29.2 Å². The number of nitrogens with zero attached hydrogens (tertiary/aromatic N) is 1. The number of H-pyrrole nitrogens is 1. The first-order valence-corrected chi connectivity index (χ1v) is 12.5. The molecule has 0 aliphatic heterocycles. The quantitative estimate of drug-likeness (QED) is 0.247. The van der Waals surface area contributed by atoms with Gasteiger partial charge >= 0.3 is 0 Å². The van der Waals surface area contributed by atoms with Gasteiger partial charge in [-0.15, -0.1) is 12.4 Å². The van der Waals surface area contributed by atoms with Gasteiger partial charge in [-0.05, 0) is 35.2 Å². The van der Waals surface area contributed by atoms with Gasteiger partial charge in [-0.2, -0.15) is 0 Å². The van der Waals surface area contributed by atoms with Crippen molar-refractivity contribution in [2.24, 2.45) is 5.73 Å². The highest BCUT2D eigenvalue weighted by molar-refractivity contribution is 9.10. The van der Waals surface area contributed by atoms with Gasteiger partial charge in [-0.1, -0.05) is 82.7 Å². The molecule has 188 valence electrons. The molecule has 0 aliphatic carbocycles. The number of hydrogen-bond donors (Lipinski definition) is 3. The van der Waals surface area contributed by atoms with Crippen LogP contribution in [-0.2, 0) is 22.6 Å². The summed E-state index contributed by atoms with van der Waals surface area (Å²) in [6.07, 6.45) is 2.74. The smallest absolute Gasteiger partial charge is 0.247 e. The van der Waals surface area contributed by atoms with Crippen molar-refractivity contribution in [3.05, 3.63) is 106 Å². The van der Waals surface area contributed by atoms with Gasteiger partial charge in [0, 0.05) is 47.6 Å². The van der Waals surface area contributed by atoms with E-state index in [2.05, 4.69) is 32.3 Å². The minimum Gasteiger partial charge on any atom is -0.361 e. The van der Waals surface area contributed by atoms with Crippen LogP contribution < -0.4 is 11.1 Å². The maximum Gasteiger partial charge on any atom is 0.247 e.